The molecule has 0 amide bonds. The normalized spacial score (nSPS) is 12.8. The summed E-state index contributed by atoms with van der Waals surface area (Å²) in [4.78, 5) is 16.7. The summed E-state index contributed by atoms with van der Waals surface area (Å²) in [5.41, 5.74) is 1.96. The molecular weight excluding hydrogens is 336 g/mol. The average molecular weight is 356 g/mol. The predicted octanol–water partition coefficient (Wildman–Crippen LogP) is 2.53. The number of rotatable bonds is 5. The summed E-state index contributed by atoms with van der Waals surface area (Å²) >= 11 is 0. The lowest BCUT2D eigenvalue weighted by Crippen LogP contribution is -2.38. The lowest BCUT2D eigenvalue weighted by Gasteiger charge is -2.22. The highest BCUT2D eigenvalue weighted by molar-refractivity contribution is 5.79. The number of nitrogens with one attached hydrogen (secondary N) is 1. The minimum absolute atomic E-state index is 0.0769. The van der Waals surface area contributed by atoms with Crippen molar-refractivity contribution < 1.29 is 14.4 Å². The number of fused-ring (bicyclic) bond motifs is 1. The van der Waals surface area contributed by atoms with Crippen LogP contribution in [0.3, 0.4) is 0 Å². The summed E-state index contributed by atoms with van der Waals surface area (Å²) in [6.45, 7) is 1.33. The number of hydrogen-bond donors (Lipinski definition) is 1. The van der Waals surface area contributed by atoms with E-state index in [1.54, 1.807) is 19.2 Å². The molecule has 1 N–H and O–H groups in total. The van der Waals surface area contributed by atoms with Crippen LogP contribution in [0.15, 0.2) is 47.5 Å². The topological polar surface area (TPSA) is 89.2 Å². The molecule has 3 rings (SSSR count). The van der Waals surface area contributed by atoms with E-state index < -0.39 is 4.92 Å². The lowest BCUT2D eigenvalue weighted by atomic mass is 10.2. The fourth-order valence-electron chi connectivity index (χ4n) is 2.73. The van der Waals surface area contributed by atoms with Crippen LogP contribution in [0.4, 0.5) is 5.69 Å². The second-order valence-corrected chi connectivity index (χ2v) is 5.87. The van der Waals surface area contributed by atoms with Crippen molar-refractivity contribution in [3.63, 3.8) is 0 Å². The Kier molecular flexibility index (Phi) is 5.21. The first-order valence-electron chi connectivity index (χ1n) is 8.10. The smallest absolute Gasteiger partial charge is 0.269 e. The van der Waals surface area contributed by atoms with Crippen molar-refractivity contribution >= 4 is 11.6 Å². The Bertz CT molecular complexity index is 838. The molecule has 0 aliphatic carbocycles. The van der Waals surface area contributed by atoms with Crippen molar-refractivity contribution in [1.82, 2.24) is 10.2 Å². The summed E-state index contributed by atoms with van der Waals surface area (Å²) < 4.78 is 10.7. The van der Waals surface area contributed by atoms with E-state index >= 15 is 0 Å². The summed E-state index contributed by atoms with van der Waals surface area (Å²) in [5, 5.41) is 14.1. The number of non-ortho nitro benzene ring substituents is 1. The Morgan fingerprint density at radius 2 is 2.04 bits per heavy atom. The van der Waals surface area contributed by atoms with E-state index in [1.807, 2.05) is 36.2 Å². The number of aliphatic imine (C=N–C) groups is 1. The van der Waals surface area contributed by atoms with E-state index in [0.717, 1.165) is 22.6 Å². The number of nitro benzene ring substituents is 1. The molecule has 0 saturated carbocycles. The maximum Gasteiger partial charge on any atom is 0.269 e. The van der Waals surface area contributed by atoms with Crippen LogP contribution < -0.4 is 14.8 Å². The van der Waals surface area contributed by atoms with Crippen molar-refractivity contribution in [3.05, 3.63) is 63.7 Å². The summed E-state index contributed by atoms with van der Waals surface area (Å²) in [6.07, 6.45) is 0. The highest BCUT2D eigenvalue weighted by Gasteiger charge is 2.15. The second kappa shape index (κ2) is 7.73. The SMILES string of the molecule is CN=C(NCc1cccc([N+](=O)[O-])c1)N(C)Cc1ccc2c(c1)OCO2. The van der Waals surface area contributed by atoms with Crippen molar-refractivity contribution in [1.29, 1.82) is 0 Å². The number of ether oxygens (including phenoxy) is 2. The molecule has 136 valence electrons. The molecule has 1 aliphatic heterocycles. The zero-order chi connectivity index (χ0) is 18.5. The molecule has 0 aromatic heterocycles. The molecule has 0 unspecified atom stereocenters. The van der Waals surface area contributed by atoms with Gasteiger partial charge in [0.25, 0.3) is 5.69 Å². The summed E-state index contributed by atoms with van der Waals surface area (Å²) in [7, 11) is 3.62. The molecule has 1 heterocycles. The van der Waals surface area contributed by atoms with Crippen molar-refractivity contribution in [2.45, 2.75) is 13.1 Å². The molecule has 2 aromatic rings. The van der Waals surface area contributed by atoms with Gasteiger partial charge >= 0.3 is 0 Å². The summed E-state index contributed by atoms with van der Waals surface area (Å²) in [5.74, 6) is 2.19. The number of guanidine groups is 1. The minimum Gasteiger partial charge on any atom is -0.454 e. The minimum atomic E-state index is -0.399. The number of hydrogen-bond acceptors (Lipinski definition) is 5. The molecule has 8 heteroatoms. The number of benzene rings is 2. The summed E-state index contributed by atoms with van der Waals surface area (Å²) in [6, 6.07) is 12.4. The van der Waals surface area contributed by atoms with Crippen LogP contribution in [0.1, 0.15) is 11.1 Å². The van der Waals surface area contributed by atoms with E-state index in [1.165, 1.54) is 6.07 Å². The fourth-order valence-corrected chi connectivity index (χ4v) is 2.73. The molecule has 1 aliphatic rings. The predicted molar refractivity (Wildman–Crippen MR) is 97.3 cm³/mol. The third kappa shape index (κ3) is 4.02. The van der Waals surface area contributed by atoms with Crippen LogP contribution in [-0.2, 0) is 13.1 Å². The van der Waals surface area contributed by atoms with Gasteiger partial charge in [0, 0.05) is 39.3 Å². The van der Waals surface area contributed by atoms with Gasteiger partial charge in [-0.15, -0.1) is 0 Å². The van der Waals surface area contributed by atoms with E-state index in [9.17, 15) is 10.1 Å². The van der Waals surface area contributed by atoms with Gasteiger partial charge in [-0.3, -0.25) is 15.1 Å². The van der Waals surface area contributed by atoms with Gasteiger partial charge in [0.05, 0.1) is 4.92 Å². The van der Waals surface area contributed by atoms with Crippen LogP contribution in [-0.4, -0.2) is 36.7 Å². The monoisotopic (exact) mass is 356 g/mol. The van der Waals surface area contributed by atoms with Gasteiger partial charge in [-0.25, -0.2) is 0 Å². The molecule has 0 saturated heterocycles. The first kappa shape index (κ1) is 17.5. The van der Waals surface area contributed by atoms with Gasteiger partial charge in [0.1, 0.15) is 0 Å². The quantitative estimate of drug-likeness (QED) is 0.383. The zero-order valence-electron chi connectivity index (χ0n) is 14.6. The maximum atomic E-state index is 10.9. The van der Waals surface area contributed by atoms with Gasteiger partial charge in [-0.05, 0) is 23.3 Å². The Balaban J connectivity index is 1.61. The molecule has 8 nitrogen and oxygen atoms in total. The van der Waals surface area contributed by atoms with Crippen LogP contribution in [0.25, 0.3) is 0 Å². The van der Waals surface area contributed by atoms with Crippen LogP contribution >= 0.6 is 0 Å². The van der Waals surface area contributed by atoms with E-state index in [4.69, 9.17) is 9.47 Å². The largest absolute Gasteiger partial charge is 0.454 e. The molecule has 0 fully saturated rings. The second-order valence-electron chi connectivity index (χ2n) is 5.87. The first-order chi connectivity index (χ1) is 12.6. The zero-order valence-corrected chi connectivity index (χ0v) is 14.6. The van der Waals surface area contributed by atoms with Crippen LogP contribution in [0.5, 0.6) is 11.5 Å². The average Bonchev–Trinajstić information content (AvgIpc) is 3.10. The van der Waals surface area contributed by atoms with E-state index in [2.05, 4.69) is 10.3 Å². The van der Waals surface area contributed by atoms with Gasteiger partial charge in [-0.2, -0.15) is 0 Å². The molecule has 0 spiro atoms. The maximum absolute atomic E-state index is 10.9. The first-order valence-corrected chi connectivity index (χ1v) is 8.10. The van der Waals surface area contributed by atoms with Gasteiger partial charge in [0.15, 0.2) is 17.5 Å². The highest BCUT2D eigenvalue weighted by Crippen LogP contribution is 2.32. The Morgan fingerprint density at radius 1 is 1.23 bits per heavy atom. The molecule has 0 atom stereocenters. The number of nitro groups is 1. The molecule has 26 heavy (non-hydrogen) atoms. The van der Waals surface area contributed by atoms with Gasteiger partial charge in [-0.1, -0.05) is 18.2 Å². The van der Waals surface area contributed by atoms with Gasteiger partial charge in [0.2, 0.25) is 6.79 Å². The standard InChI is InChI=1S/C18H20N4O4/c1-19-18(20-10-13-4-3-5-15(8-13)22(23)24)21(2)11-14-6-7-16-17(9-14)26-12-25-16/h3-9H,10-12H2,1-2H3,(H,19,20). The van der Waals surface area contributed by atoms with Crippen molar-refractivity contribution in [3.8, 4) is 11.5 Å². The van der Waals surface area contributed by atoms with Gasteiger partial charge < -0.3 is 19.7 Å². The Labute approximate surface area is 151 Å². The van der Waals surface area contributed by atoms with E-state index in [0.29, 0.717) is 19.0 Å². The van der Waals surface area contributed by atoms with Crippen LogP contribution in [0, 0.1) is 10.1 Å². The van der Waals surface area contributed by atoms with Crippen molar-refractivity contribution in [2.24, 2.45) is 4.99 Å². The molecule has 0 bridgehead atoms. The Morgan fingerprint density at radius 3 is 2.81 bits per heavy atom. The Hall–Kier alpha value is -3.29. The number of nitrogens with zero attached hydrogens (tertiary/aromatic N) is 3. The third-order valence-electron chi connectivity index (χ3n) is 4.00. The van der Waals surface area contributed by atoms with E-state index in [-0.39, 0.29) is 12.5 Å². The third-order valence-corrected chi connectivity index (χ3v) is 4.00. The van der Waals surface area contributed by atoms with Crippen molar-refractivity contribution in [2.75, 3.05) is 20.9 Å². The molecular formula is C18H20N4O4. The van der Waals surface area contributed by atoms with Crippen LogP contribution in [0.2, 0.25) is 0 Å². The highest BCUT2D eigenvalue weighted by atomic mass is 16.7. The molecule has 0 radical (unpaired) electrons. The lowest BCUT2D eigenvalue weighted by molar-refractivity contribution is -0.384. The molecule has 2 aromatic carbocycles. The fraction of sp³-hybridized carbons (Fsp3) is 0.278.